The fourth-order valence-corrected chi connectivity index (χ4v) is 3.78. The summed E-state index contributed by atoms with van der Waals surface area (Å²) < 4.78 is 36.0. The highest BCUT2D eigenvalue weighted by Crippen LogP contribution is 2.19. The molecule has 1 fully saturated rings. The molecule has 0 spiro atoms. The zero-order valence-electron chi connectivity index (χ0n) is 13.6. The molecule has 1 aromatic carbocycles. The molecule has 0 atom stereocenters. The van der Waals surface area contributed by atoms with Crippen LogP contribution in [0.1, 0.15) is 17.3 Å². The topological polar surface area (TPSA) is 93.2 Å². The highest BCUT2D eigenvalue weighted by Gasteiger charge is 2.30. The highest BCUT2D eigenvalue weighted by atomic mass is 32.2. The summed E-state index contributed by atoms with van der Waals surface area (Å²) in [5, 5.41) is 0. The number of hydrogen-bond acceptors (Lipinski definition) is 6. The molecule has 24 heavy (non-hydrogen) atoms. The van der Waals surface area contributed by atoms with Gasteiger partial charge in [0, 0.05) is 26.2 Å². The fraction of sp³-hybridized carbons (Fsp3) is 0.467. The van der Waals surface area contributed by atoms with E-state index in [1.807, 2.05) is 0 Å². The molecule has 0 radical (unpaired) electrons. The van der Waals surface area contributed by atoms with Gasteiger partial charge in [-0.1, -0.05) is 0 Å². The molecule has 1 amide bonds. The summed E-state index contributed by atoms with van der Waals surface area (Å²) in [6.07, 6.45) is -0.433. The molecule has 0 saturated carbocycles. The monoisotopic (exact) mass is 356 g/mol. The van der Waals surface area contributed by atoms with E-state index in [1.165, 1.54) is 40.6 Å². The predicted molar refractivity (Wildman–Crippen MR) is 85.1 cm³/mol. The molecule has 1 saturated heterocycles. The summed E-state index contributed by atoms with van der Waals surface area (Å²) in [6.45, 7) is 2.94. The van der Waals surface area contributed by atoms with E-state index < -0.39 is 22.1 Å². The van der Waals surface area contributed by atoms with Crippen LogP contribution < -0.4 is 0 Å². The van der Waals surface area contributed by atoms with Gasteiger partial charge in [0.15, 0.2) is 0 Å². The van der Waals surface area contributed by atoms with Crippen molar-refractivity contribution in [2.75, 3.05) is 39.9 Å². The lowest BCUT2D eigenvalue weighted by Gasteiger charge is -2.33. The minimum absolute atomic E-state index is 0.0970. The molecule has 1 aliphatic heterocycles. The lowest BCUT2D eigenvalue weighted by molar-refractivity contribution is 0.0600. The van der Waals surface area contributed by atoms with Gasteiger partial charge in [0.05, 0.1) is 24.2 Å². The van der Waals surface area contributed by atoms with E-state index in [-0.39, 0.29) is 43.2 Å². The van der Waals surface area contributed by atoms with Crippen LogP contribution in [0.2, 0.25) is 0 Å². The Labute approximate surface area is 141 Å². The molecular formula is C15H20N2O6S. The van der Waals surface area contributed by atoms with Crippen molar-refractivity contribution in [3.05, 3.63) is 29.8 Å². The van der Waals surface area contributed by atoms with E-state index in [0.717, 1.165) is 0 Å². The number of piperazine rings is 1. The Morgan fingerprint density at radius 1 is 1.08 bits per heavy atom. The normalized spacial score (nSPS) is 15.8. The second-order valence-corrected chi connectivity index (χ2v) is 7.04. The van der Waals surface area contributed by atoms with E-state index >= 15 is 0 Å². The summed E-state index contributed by atoms with van der Waals surface area (Å²) in [6, 6.07) is 5.57. The number of carbonyl (C=O) groups is 2. The Morgan fingerprint density at radius 2 is 1.67 bits per heavy atom. The van der Waals surface area contributed by atoms with Crippen molar-refractivity contribution in [1.29, 1.82) is 0 Å². The second kappa shape index (κ2) is 7.63. The second-order valence-electron chi connectivity index (χ2n) is 5.11. The molecule has 0 unspecified atom stereocenters. The van der Waals surface area contributed by atoms with Crippen LogP contribution in [0.5, 0.6) is 0 Å². The third kappa shape index (κ3) is 3.85. The fourth-order valence-electron chi connectivity index (χ4n) is 2.36. The third-order valence-electron chi connectivity index (χ3n) is 3.68. The van der Waals surface area contributed by atoms with Crippen LogP contribution in [0, 0.1) is 0 Å². The molecule has 1 aromatic rings. The van der Waals surface area contributed by atoms with Gasteiger partial charge >= 0.3 is 12.1 Å². The van der Waals surface area contributed by atoms with Gasteiger partial charge in [-0.3, -0.25) is 0 Å². The van der Waals surface area contributed by atoms with Gasteiger partial charge < -0.3 is 14.4 Å². The van der Waals surface area contributed by atoms with E-state index in [0.29, 0.717) is 0 Å². The van der Waals surface area contributed by atoms with Crippen molar-refractivity contribution < 1.29 is 27.5 Å². The predicted octanol–water partition coefficient (Wildman–Crippen LogP) is 0.936. The maximum absolute atomic E-state index is 12.6. The molecule has 1 heterocycles. The number of esters is 1. The number of carbonyl (C=O) groups excluding carboxylic acids is 2. The van der Waals surface area contributed by atoms with Crippen molar-refractivity contribution in [3.63, 3.8) is 0 Å². The molecule has 9 heteroatoms. The highest BCUT2D eigenvalue weighted by molar-refractivity contribution is 7.89. The number of hydrogen-bond donors (Lipinski definition) is 0. The summed E-state index contributed by atoms with van der Waals surface area (Å²) in [4.78, 5) is 24.6. The van der Waals surface area contributed by atoms with Crippen molar-refractivity contribution >= 4 is 22.1 Å². The first-order valence-corrected chi connectivity index (χ1v) is 8.94. The molecule has 8 nitrogen and oxygen atoms in total. The van der Waals surface area contributed by atoms with Gasteiger partial charge in [0.25, 0.3) is 0 Å². The van der Waals surface area contributed by atoms with Crippen LogP contribution in [0.3, 0.4) is 0 Å². The number of ether oxygens (including phenoxy) is 2. The summed E-state index contributed by atoms with van der Waals surface area (Å²) in [5.41, 5.74) is 0.281. The first-order chi connectivity index (χ1) is 11.4. The quantitative estimate of drug-likeness (QED) is 0.745. The van der Waals surface area contributed by atoms with E-state index in [9.17, 15) is 18.0 Å². The molecule has 0 bridgehead atoms. The smallest absolute Gasteiger partial charge is 0.409 e. The molecular weight excluding hydrogens is 336 g/mol. The molecule has 0 aromatic heterocycles. The largest absolute Gasteiger partial charge is 0.465 e. The zero-order chi connectivity index (χ0) is 17.7. The number of methoxy groups -OCH3 is 1. The molecule has 2 rings (SSSR count). The van der Waals surface area contributed by atoms with Crippen molar-refractivity contribution in [1.82, 2.24) is 9.21 Å². The van der Waals surface area contributed by atoms with Crippen LogP contribution in [-0.2, 0) is 19.5 Å². The first-order valence-electron chi connectivity index (χ1n) is 7.50. The lowest BCUT2D eigenvalue weighted by atomic mass is 10.2. The van der Waals surface area contributed by atoms with E-state index in [4.69, 9.17) is 4.74 Å². The number of sulfonamides is 1. The van der Waals surface area contributed by atoms with Gasteiger partial charge in [0.2, 0.25) is 10.0 Å². The Hall–Kier alpha value is -2.13. The minimum atomic E-state index is -3.67. The minimum Gasteiger partial charge on any atom is -0.465 e. The molecule has 1 aliphatic rings. The van der Waals surface area contributed by atoms with Crippen LogP contribution in [-0.4, -0.2) is 69.6 Å². The van der Waals surface area contributed by atoms with Gasteiger partial charge in [0.1, 0.15) is 0 Å². The van der Waals surface area contributed by atoms with E-state index in [2.05, 4.69) is 4.74 Å². The third-order valence-corrected chi connectivity index (χ3v) is 5.59. The summed E-state index contributed by atoms with van der Waals surface area (Å²) in [7, 11) is -2.41. The molecule has 132 valence electrons. The Bertz CT molecular complexity index is 693. The van der Waals surface area contributed by atoms with Crippen molar-refractivity contribution in [2.45, 2.75) is 11.8 Å². The van der Waals surface area contributed by atoms with Crippen LogP contribution in [0.15, 0.2) is 29.2 Å². The summed E-state index contributed by atoms with van der Waals surface area (Å²) in [5.74, 6) is -0.526. The molecule has 0 N–H and O–H groups in total. The zero-order valence-corrected chi connectivity index (χ0v) is 14.4. The lowest BCUT2D eigenvalue weighted by Crippen LogP contribution is -2.50. The molecule has 0 aliphatic carbocycles. The Kier molecular flexibility index (Phi) is 5.79. The first kappa shape index (κ1) is 18.2. The number of rotatable bonds is 4. The van der Waals surface area contributed by atoms with Gasteiger partial charge in [-0.15, -0.1) is 0 Å². The van der Waals surface area contributed by atoms with E-state index in [1.54, 1.807) is 6.92 Å². The van der Waals surface area contributed by atoms with Gasteiger partial charge in [-0.25, -0.2) is 18.0 Å². The van der Waals surface area contributed by atoms with Crippen LogP contribution in [0.4, 0.5) is 4.79 Å². The average Bonchev–Trinajstić information content (AvgIpc) is 2.61. The number of nitrogens with zero attached hydrogens (tertiary/aromatic N) is 2. The maximum atomic E-state index is 12.6. The standard InChI is InChI=1S/C15H20N2O6S/c1-3-23-15(19)16-8-10-17(11-9-16)24(20,21)13-6-4-12(5-7-13)14(18)22-2/h4-7H,3,8-11H2,1-2H3. The van der Waals surface area contributed by atoms with Gasteiger partial charge in [-0.05, 0) is 31.2 Å². The Morgan fingerprint density at radius 3 is 2.17 bits per heavy atom. The number of benzene rings is 1. The SMILES string of the molecule is CCOC(=O)N1CCN(S(=O)(=O)c2ccc(C(=O)OC)cc2)CC1. The Balaban J connectivity index is 2.06. The van der Waals surface area contributed by atoms with Crippen molar-refractivity contribution in [2.24, 2.45) is 0 Å². The van der Waals surface area contributed by atoms with Crippen molar-refractivity contribution in [3.8, 4) is 0 Å². The van der Waals surface area contributed by atoms with Crippen LogP contribution >= 0.6 is 0 Å². The van der Waals surface area contributed by atoms with Crippen LogP contribution in [0.25, 0.3) is 0 Å². The maximum Gasteiger partial charge on any atom is 0.409 e. The average molecular weight is 356 g/mol. The number of amides is 1. The van der Waals surface area contributed by atoms with Gasteiger partial charge in [-0.2, -0.15) is 4.31 Å². The summed E-state index contributed by atoms with van der Waals surface area (Å²) >= 11 is 0.